The van der Waals surface area contributed by atoms with Crippen LogP contribution in [0.15, 0.2) is 61.1 Å². The number of hydrogen-bond acceptors (Lipinski definition) is 4. The van der Waals surface area contributed by atoms with Crippen LogP contribution in [-0.4, -0.2) is 16.6 Å². The molecule has 3 aromatic rings. The third-order valence-corrected chi connectivity index (χ3v) is 3.15. The summed E-state index contributed by atoms with van der Waals surface area (Å²) in [4.78, 5) is 7.97. The van der Waals surface area contributed by atoms with Gasteiger partial charge in [-0.05, 0) is 17.7 Å². The molecule has 1 aliphatic rings. The Morgan fingerprint density at radius 1 is 0.950 bits per heavy atom. The fourth-order valence-corrected chi connectivity index (χ4v) is 2.13. The molecule has 4 rings (SSSR count). The Morgan fingerprint density at radius 2 is 1.80 bits per heavy atom. The highest BCUT2D eigenvalue weighted by Crippen LogP contribution is 2.16. The third kappa shape index (κ3) is 2.92. The van der Waals surface area contributed by atoms with Crippen LogP contribution in [0.5, 0.6) is 0 Å². The highest BCUT2D eigenvalue weighted by molar-refractivity contribution is 5.76. The van der Waals surface area contributed by atoms with Gasteiger partial charge in [-0.1, -0.05) is 36.4 Å². The van der Waals surface area contributed by atoms with Crippen LogP contribution in [0.1, 0.15) is 5.56 Å². The van der Waals surface area contributed by atoms with Gasteiger partial charge in [-0.2, -0.15) is 0 Å². The maximum Gasteiger partial charge on any atom is 0.116 e. The SMILES string of the molecule is c1ccc2c(c1)CNCN2.c1ccc2ncncc2c1. The number of hydrogen-bond donors (Lipinski definition) is 2. The van der Waals surface area contributed by atoms with Crippen LogP contribution < -0.4 is 10.6 Å². The topological polar surface area (TPSA) is 49.8 Å². The molecular weight excluding hydrogens is 248 g/mol. The van der Waals surface area contributed by atoms with Crippen molar-refractivity contribution < 1.29 is 0 Å². The van der Waals surface area contributed by atoms with Crippen molar-refractivity contribution in [2.45, 2.75) is 6.54 Å². The number of nitrogens with zero attached hydrogens (tertiary/aromatic N) is 2. The Bertz CT molecular complexity index is 606. The smallest absolute Gasteiger partial charge is 0.116 e. The first-order chi connectivity index (χ1) is 9.93. The maximum atomic E-state index is 4.07. The highest BCUT2D eigenvalue weighted by atomic mass is 15.1. The molecule has 100 valence electrons. The lowest BCUT2D eigenvalue weighted by Gasteiger charge is -2.18. The Hall–Kier alpha value is -2.46. The second kappa shape index (κ2) is 6.12. The molecule has 0 radical (unpaired) electrons. The normalized spacial score (nSPS) is 12.8. The van der Waals surface area contributed by atoms with Gasteiger partial charge in [-0.3, -0.25) is 5.32 Å². The van der Waals surface area contributed by atoms with Crippen molar-refractivity contribution in [3.05, 3.63) is 66.6 Å². The summed E-state index contributed by atoms with van der Waals surface area (Å²) in [5.41, 5.74) is 3.62. The van der Waals surface area contributed by atoms with Crippen LogP contribution in [0.3, 0.4) is 0 Å². The van der Waals surface area contributed by atoms with Gasteiger partial charge in [0.15, 0.2) is 0 Å². The molecule has 4 heteroatoms. The quantitative estimate of drug-likeness (QED) is 0.655. The van der Waals surface area contributed by atoms with Gasteiger partial charge in [0.05, 0.1) is 12.2 Å². The van der Waals surface area contributed by atoms with Crippen molar-refractivity contribution >= 4 is 16.6 Å². The first kappa shape index (κ1) is 12.6. The molecule has 0 spiro atoms. The Kier molecular flexibility index (Phi) is 3.85. The molecule has 0 fully saturated rings. The molecule has 0 saturated carbocycles. The average molecular weight is 264 g/mol. The monoisotopic (exact) mass is 264 g/mol. The highest BCUT2D eigenvalue weighted by Gasteiger charge is 2.03. The molecular formula is C16H16N4. The van der Waals surface area contributed by atoms with Crippen molar-refractivity contribution in [3.8, 4) is 0 Å². The summed E-state index contributed by atoms with van der Waals surface area (Å²) in [5.74, 6) is 0. The Morgan fingerprint density at radius 3 is 2.70 bits per heavy atom. The summed E-state index contributed by atoms with van der Waals surface area (Å²) in [7, 11) is 0. The Labute approximate surface area is 117 Å². The third-order valence-electron chi connectivity index (χ3n) is 3.15. The molecule has 20 heavy (non-hydrogen) atoms. The van der Waals surface area contributed by atoms with Crippen LogP contribution in [0.25, 0.3) is 10.9 Å². The number of para-hydroxylation sites is 2. The van der Waals surface area contributed by atoms with Crippen molar-refractivity contribution in [2.75, 3.05) is 12.0 Å². The Balaban J connectivity index is 0.000000121. The lowest BCUT2D eigenvalue weighted by Crippen LogP contribution is -2.27. The number of anilines is 1. The second-order valence-electron chi connectivity index (χ2n) is 4.52. The molecule has 0 saturated heterocycles. The maximum absolute atomic E-state index is 4.07. The molecule has 0 bridgehead atoms. The summed E-state index contributed by atoms with van der Waals surface area (Å²) >= 11 is 0. The van der Waals surface area contributed by atoms with Gasteiger partial charge in [0.1, 0.15) is 6.33 Å². The van der Waals surface area contributed by atoms with E-state index in [4.69, 9.17) is 0 Å². The molecule has 0 amide bonds. The number of rotatable bonds is 0. The van der Waals surface area contributed by atoms with Crippen molar-refractivity contribution in [1.29, 1.82) is 0 Å². The zero-order chi connectivity index (χ0) is 13.6. The number of benzene rings is 2. The lowest BCUT2D eigenvalue weighted by atomic mass is 10.1. The minimum atomic E-state index is 0.886. The molecule has 2 heterocycles. The van der Waals surface area contributed by atoms with Gasteiger partial charge >= 0.3 is 0 Å². The predicted octanol–water partition coefficient (Wildman–Crippen LogP) is 2.79. The van der Waals surface area contributed by atoms with Crippen LogP contribution in [-0.2, 0) is 6.54 Å². The van der Waals surface area contributed by atoms with Crippen molar-refractivity contribution in [2.24, 2.45) is 0 Å². The van der Waals surface area contributed by atoms with Crippen LogP contribution in [0.2, 0.25) is 0 Å². The number of nitrogens with one attached hydrogen (secondary N) is 2. The second-order valence-corrected chi connectivity index (χ2v) is 4.52. The van der Waals surface area contributed by atoms with E-state index in [0.717, 1.165) is 24.1 Å². The molecule has 0 atom stereocenters. The van der Waals surface area contributed by atoms with Crippen molar-refractivity contribution in [3.63, 3.8) is 0 Å². The van der Waals surface area contributed by atoms with Gasteiger partial charge in [0.2, 0.25) is 0 Å². The first-order valence-corrected chi connectivity index (χ1v) is 6.61. The lowest BCUT2D eigenvalue weighted by molar-refractivity contribution is 0.709. The van der Waals surface area contributed by atoms with Gasteiger partial charge in [-0.25, -0.2) is 9.97 Å². The van der Waals surface area contributed by atoms with E-state index in [1.807, 2.05) is 30.5 Å². The van der Waals surface area contributed by atoms with Crippen molar-refractivity contribution in [1.82, 2.24) is 15.3 Å². The van der Waals surface area contributed by atoms with E-state index in [9.17, 15) is 0 Å². The van der Waals surface area contributed by atoms with E-state index in [-0.39, 0.29) is 0 Å². The largest absolute Gasteiger partial charge is 0.372 e. The van der Waals surface area contributed by atoms with Crippen LogP contribution >= 0.6 is 0 Å². The molecule has 2 aromatic carbocycles. The van der Waals surface area contributed by atoms with E-state index >= 15 is 0 Å². The van der Waals surface area contributed by atoms with Gasteiger partial charge < -0.3 is 5.32 Å². The van der Waals surface area contributed by atoms with Crippen LogP contribution in [0, 0.1) is 0 Å². The van der Waals surface area contributed by atoms with Gasteiger partial charge in [-0.15, -0.1) is 0 Å². The fraction of sp³-hybridized carbons (Fsp3) is 0.125. The number of aromatic nitrogens is 2. The summed E-state index contributed by atoms with van der Waals surface area (Å²) < 4.78 is 0. The van der Waals surface area contributed by atoms with Crippen LogP contribution in [0.4, 0.5) is 5.69 Å². The summed E-state index contributed by atoms with van der Waals surface area (Å²) in [5, 5.41) is 7.57. The molecule has 2 N–H and O–H groups in total. The zero-order valence-electron chi connectivity index (χ0n) is 11.1. The summed E-state index contributed by atoms with van der Waals surface area (Å²) in [6.45, 7) is 1.88. The predicted molar refractivity (Wildman–Crippen MR) is 81.3 cm³/mol. The summed E-state index contributed by atoms with van der Waals surface area (Å²) in [6.07, 6.45) is 3.37. The molecule has 0 aliphatic carbocycles. The fourth-order valence-electron chi connectivity index (χ4n) is 2.13. The molecule has 1 aromatic heterocycles. The van der Waals surface area contributed by atoms with E-state index in [2.05, 4.69) is 44.9 Å². The van der Waals surface area contributed by atoms with E-state index < -0.39 is 0 Å². The average Bonchev–Trinajstić information content (AvgIpc) is 2.56. The van der Waals surface area contributed by atoms with Gasteiger partial charge in [0, 0.05) is 23.8 Å². The molecule has 1 aliphatic heterocycles. The minimum absolute atomic E-state index is 0.886. The zero-order valence-corrected chi connectivity index (χ0v) is 11.1. The standard InChI is InChI=1S/C8H10N2.C8H6N2/c2*1-2-4-8-7(3-1)5-9-6-10-8/h1-4,9-10H,5-6H2;1-6H. The van der Waals surface area contributed by atoms with E-state index in [1.165, 1.54) is 11.3 Å². The number of fused-ring (bicyclic) bond motifs is 2. The summed E-state index contributed by atoms with van der Waals surface area (Å²) in [6, 6.07) is 16.3. The van der Waals surface area contributed by atoms with E-state index in [0.29, 0.717) is 0 Å². The molecule has 0 unspecified atom stereocenters. The van der Waals surface area contributed by atoms with Gasteiger partial charge in [0.25, 0.3) is 0 Å². The molecule has 4 nitrogen and oxygen atoms in total. The minimum Gasteiger partial charge on any atom is -0.372 e. The van der Waals surface area contributed by atoms with E-state index in [1.54, 1.807) is 6.33 Å². The first-order valence-electron chi connectivity index (χ1n) is 6.61.